The van der Waals surface area contributed by atoms with E-state index in [2.05, 4.69) is 36.1 Å². The summed E-state index contributed by atoms with van der Waals surface area (Å²) in [6.45, 7) is 5.64. The van der Waals surface area contributed by atoms with Crippen LogP contribution in [0.4, 0.5) is 4.79 Å². The number of carbonyl (C=O) groups excluding carboxylic acids is 2. The molecule has 8 heteroatoms. The van der Waals surface area contributed by atoms with Crippen molar-refractivity contribution in [3.05, 3.63) is 76.9 Å². The standard InChI is InChI=1S/C29H34ClN5O2/c1-20-19-34(14-15-35(20)27(36)16-21-10-12-33(13-11-21)29(31)37)28(22-6-8-25(30)9-7-22)24-17-23-4-2-3-5-26(23)32-18-24/h2-9,17-18,20-21,28H,10-16,19H2,1H3,(H2,31,37). The number of nitrogens with two attached hydrogens (primary N) is 1. The Morgan fingerprint density at radius 3 is 2.46 bits per heavy atom. The Balaban J connectivity index is 1.31. The maximum Gasteiger partial charge on any atom is 0.314 e. The number of amides is 3. The van der Waals surface area contributed by atoms with Crippen LogP contribution in [0.15, 0.2) is 60.8 Å². The van der Waals surface area contributed by atoms with Gasteiger partial charge in [0.1, 0.15) is 0 Å². The summed E-state index contributed by atoms with van der Waals surface area (Å²) >= 11 is 6.21. The van der Waals surface area contributed by atoms with Crippen LogP contribution in [0, 0.1) is 5.92 Å². The van der Waals surface area contributed by atoms with Crippen LogP contribution in [-0.2, 0) is 4.79 Å². The number of urea groups is 1. The van der Waals surface area contributed by atoms with Crippen molar-refractivity contribution < 1.29 is 9.59 Å². The number of carbonyl (C=O) groups is 2. The van der Waals surface area contributed by atoms with E-state index in [9.17, 15) is 9.59 Å². The highest BCUT2D eigenvalue weighted by atomic mass is 35.5. The second-order valence-electron chi connectivity index (χ2n) is 10.3. The van der Waals surface area contributed by atoms with Crippen LogP contribution >= 0.6 is 11.6 Å². The molecule has 2 aliphatic rings. The number of primary amides is 1. The van der Waals surface area contributed by atoms with E-state index in [-0.39, 0.29) is 24.0 Å². The largest absolute Gasteiger partial charge is 0.351 e. The molecule has 0 bridgehead atoms. The molecular formula is C29H34ClN5O2. The Kier molecular flexibility index (Phi) is 7.63. The first-order valence-electron chi connectivity index (χ1n) is 13.1. The molecule has 3 aromatic rings. The number of nitrogens with zero attached hydrogens (tertiary/aromatic N) is 4. The Morgan fingerprint density at radius 1 is 1.03 bits per heavy atom. The second-order valence-corrected chi connectivity index (χ2v) is 10.8. The fourth-order valence-corrected chi connectivity index (χ4v) is 5.94. The molecule has 0 aliphatic carbocycles. The molecule has 2 atom stereocenters. The number of rotatable bonds is 5. The average molecular weight is 520 g/mol. The maximum atomic E-state index is 13.3. The predicted molar refractivity (Wildman–Crippen MR) is 146 cm³/mol. The van der Waals surface area contributed by atoms with Gasteiger partial charge < -0.3 is 15.5 Å². The summed E-state index contributed by atoms with van der Waals surface area (Å²) in [5, 5.41) is 1.83. The van der Waals surface area contributed by atoms with Crippen molar-refractivity contribution in [1.82, 2.24) is 19.7 Å². The summed E-state index contributed by atoms with van der Waals surface area (Å²) in [4.78, 5) is 35.6. The van der Waals surface area contributed by atoms with Gasteiger partial charge in [-0.05, 0) is 61.1 Å². The van der Waals surface area contributed by atoms with Crippen molar-refractivity contribution >= 4 is 34.4 Å². The fraction of sp³-hybridized carbons (Fsp3) is 0.414. The van der Waals surface area contributed by atoms with Crippen LogP contribution in [-0.4, -0.2) is 70.4 Å². The van der Waals surface area contributed by atoms with Gasteiger partial charge in [0.25, 0.3) is 0 Å². The van der Waals surface area contributed by atoms with Crippen molar-refractivity contribution in [2.75, 3.05) is 32.7 Å². The van der Waals surface area contributed by atoms with Crippen molar-refractivity contribution in [2.45, 2.75) is 38.3 Å². The zero-order valence-electron chi connectivity index (χ0n) is 21.2. The van der Waals surface area contributed by atoms with E-state index in [4.69, 9.17) is 22.3 Å². The molecule has 194 valence electrons. The summed E-state index contributed by atoms with van der Waals surface area (Å²) in [7, 11) is 0. The number of likely N-dealkylation sites (tertiary alicyclic amines) is 1. The summed E-state index contributed by atoms with van der Waals surface area (Å²) < 4.78 is 0. The minimum Gasteiger partial charge on any atom is -0.351 e. The minimum atomic E-state index is -0.369. The van der Waals surface area contributed by atoms with Gasteiger partial charge in [-0.3, -0.25) is 14.7 Å². The highest BCUT2D eigenvalue weighted by Crippen LogP contribution is 2.33. The number of hydrogen-bond donors (Lipinski definition) is 1. The van der Waals surface area contributed by atoms with Crippen molar-refractivity contribution in [2.24, 2.45) is 11.7 Å². The lowest BCUT2D eigenvalue weighted by atomic mass is 9.92. The number of para-hydroxylation sites is 1. The molecule has 0 spiro atoms. The van der Waals surface area contributed by atoms with Gasteiger partial charge in [-0.1, -0.05) is 41.9 Å². The Labute approximate surface area is 223 Å². The molecular weight excluding hydrogens is 486 g/mol. The molecule has 3 heterocycles. The third-order valence-electron chi connectivity index (χ3n) is 7.85. The third kappa shape index (κ3) is 5.73. The predicted octanol–water partition coefficient (Wildman–Crippen LogP) is 4.69. The number of benzene rings is 2. The van der Waals surface area contributed by atoms with Crippen LogP contribution in [0.2, 0.25) is 5.02 Å². The van der Waals surface area contributed by atoms with Crippen LogP contribution in [0.5, 0.6) is 0 Å². The lowest BCUT2D eigenvalue weighted by Crippen LogP contribution is -2.55. The number of pyridine rings is 1. The number of hydrogen-bond acceptors (Lipinski definition) is 4. The van der Waals surface area contributed by atoms with Crippen LogP contribution in [0.25, 0.3) is 10.9 Å². The Bertz CT molecular complexity index is 1260. The molecule has 2 N–H and O–H groups in total. The topological polar surface area (TPSA) is 82.8 Å². The molecule has 5 rings (SSSR count). The summed E-state index contributed by atoms with van der Waals surface area (Å²) in [6, 6.07) is 18.2. The van der Waals surface area contributed by atoms with Gasteiger partial charge in [-0.2, -0.15) is 0 Å². The van der Waals surface area contributed by atoms with Crippen LogP contribution < -0.4 is 5.73 Å². The maximum absolute atomic E-state index is 13.3. The van der Waals surface area contributed by atoms with E-state index in [0.717, 1.165) is 48.0 Å². The van der Waals surface area contributed by atoms with E-state index in [0.29, 0.717) is 37.0 Å². The van der Waals surface area contributed by atoms with E-state index in [1.807, 2.05) is 41.4 Å². The molecule has 7 nitrogen and oxygen atoms in total. The van der Waals surface area contributed by atoms with Crippen molar-refractivity contribution in [1.29, 1.82) is 0 Å². The number of halogens is 1. The van der Waals surface area contributed by atoms with Crippen LogP contribution in [0.1, 0.15) is 43.4 Å². The zero-order chi connectivity index (χ0) is 25.9. The quantitative estimate of drug-likeness (QED) is 0.530. The number of piperazine rings is 1. The molecule has 2 aliphatic heterocycles. The average Bonchev–Trinajstić information content (AvgIpc) is 2.90. The van der Waals surface area contributed by atoms with Crippen LogP contribution in [0.3, 0.4) is 0 Å². The lowest BCUT2D eigenvalue weighted by molar-refractivity contribution is -0.137. The first-order valence-corrected chi connectivity index (χ1v) is 13.4. The van der Waals surface area contributed by atoms with Crippen molar-refractivity contribution in [3.8, 4) is 0 Å². The van der Waals surface area contributed by atoms with E-state index >= 15 is 0 Å². The van der Waals surface area contributed by atoms with Gasteiger partial charge in [0, 0.05) is 61.8 Å². The molecule has 37 heavy (non-hydrogen) atoms. The van der Waals surface area contributed by atoms with Gasteiger partial charge in [0.15, 0.2) is 0 Å². The smallest absolute Gasteiger partial charge is 0.314 e. The molecule has 2 fully saturated rings. The SMILES string of the molecule is CC1CN(C(c2ccc(Cl)cc2)c2cnc3ccccc3c2)CCN1C(=O)CC1CCN(C(N)=O)CC1. The number of fused-ring (bicyclic) bond motifs is 1. The Morgan fingerprint density at radius 2 is 1.76 bits per heavy atom. The highest BCUT2D eigenvalue weighted by molar-refractivity contribution is 6.30. The van der Waals surface area contributed by atoms with Gasteiger partial charge >= 0.3 is 6.03 Å². The molecule has 3 amide bonds. The highest BCUT2D eigenvalue weighted by Gasteiger charge is 2.34. The normalized spacial score (nSPS) is 20.2. The van der Waals surface area contributed by atoms with Gasteiger partial charge in [-0.15, -0.1) is 0 Å². The third-order valence-corrected chi connectivity index (χ3v) is 8.10. The molecule has 2 aromatic carbocycles. The first-order chi connectivity index (χ1) is 17.9. The van der Waals surface area contributed by atoms with E-state index in [1.54, 1.807) is 4.90 Å². The van der Waals surface area contributed by atoms with Gasteiger partial charge in [0.05, 0.1) is 11.6 Å². The Hall–Kier alpha value is -3.16. The molecule has 0 radical (unpaired) electrons. The summed E-state index contributed by atoms with van der Waals surface area (Å²) in [5.74, 6) is 0.513. The molecule has 0 saturated carbocycles. The molecule has 2 saturated heterocycles. The second kappa shape index (κ2) is 11.1. The number of aromatic nitrogens is 1. The summed E-state index contributed by atoms with van der Waals surface area (Å²) in [5.41, 5.74) is 8.68. The number of piperidine rings is 1. The molecule has 2 unspecified atom stereocenters. The van der Waals surface area contributed by atoms with Gasteiger partial charge in [0.2, 0.25) is 5.91 Å². The lowest BCUT2D eigenvalue weighted by Gasteiger charge is -2.44. The first kappa shape index (κ1) is 25.5. The molecule has 1 aromatic heterocycles. The van der Waals surface area contributed by atoms with E-state index in [1.165, 1.54) is 0 Å². The van der Waals surface area contributed by atoms with Crippen molar-refractivity contribution in [3.63, 3.8) is 0 Å². The summed E-state index contributed by atoms with van der Waals surface area (Å²) in [6.07, 6.45) is 4.17. The van der Waals surface area contributed by atoms with Gasteiger partial charge in [-0.25, -0.2) is 4.79 Å². The minimum absolute atomic E-state index is 0.0206. The van der Waals surface area contributed by atoms with E-state index < -0.39 is 0 Å². The monoisotopic (exact) mass is 519 g/mol. The zero-order valence-corrected chi connectivity index (χ0v) is 22.0. The fourth-order valence-electron chi connectivity index (χ4n) is 5.81.